The molecule has 0 bridgehead atoms. The molecule has 1 unspecified atom stereocenters. The highest BCUT2D eigenvalue weighted by Gasteiger charge is 2.21. The number of rotatable bonds is 6. The van der Waals surface area contributed by atoms with E-state index < -0.39 is 0 Å². The molecule has 1 aromatic carbocycles. The van der Waals surface area contributed by atoms with Gasteiger partial charge in [-0.05, 0) is 44.0 Å². The smallest absolute Gasteiger partial charge is 0.261 e. The van der Waals surface area contributed by atoms with Crippen molar-refractivity contribution in [2.24, 2.45) is 5.92 Å². The highest BCUT2D eigenvalue weighted by atomic mass is 32.1. The summed E-state index contributed by atoms with van der Waals surface area (Å²) in [7, 11) is 1.55. The largest absolute Gasteiger partial charge is 0.380 e. The Morgan fingerprint density at radius 2 is 2.39 bits per heavy atom. The van der Waals surface area contributed by atoms with E-state index in [1.807, 2.05) is 6.07 Å². The number of fused-ring (bicyclic) bond motifs is 1. The summed E-state index contributed by atoms with van der Waals surface area (Å²) in [6.45, 7) is 2.97. The molecule has 6 heteroatoms. The Bertz CT molecular complexity index is 695. The number of benzene rings is 1. The number of halogens is 1. The molecule has 1 saturated heterocycles. The molecule has 1 aliphatic rings. The minimum absolute atomic E-state index is 0.136. The SMILES string of the molecule is COCc1c(C(=O)NCCC2CCNC2)sc2cccc(F)c12. The maximum Gasteiger partial charge on any atom is 0.261 e. The Morgan fingerprint density at radius 1 is 1.52 bits per heavy atom. The van der Waals surface area contributed by atoms with Crippen LogP contribution in [0.5, 0.6) is 0 Å². The molecule has 1 atom stereocenters. The summed E-state index contributed by atoms with van der Waals surface area (Å²) in [5, 5.41) is 6.80. The summed E-state index contributed by atoms with van der Waals surface area (Å²) in [4.78, 5) is 13.1. The van der Waals surface area contributed by atoms with Gasteiger partial charge >= 0.3 is 0 Å². The fourth-order valence-corrected chi connectivity index (χ4v) is 4.20. The van der Waals surface area contributed by atoms with E-state index in [0.29, 0.717) is 28.3 Å². The highest BCUT2D eigenvalue weighted by molar-refractivity contribution is 7.21. The molecule has 3 rings (SSSR count). The zero-order chi connectivity index (χ0) is 16.2. The predicted molar refractivity (Wildman–Crippen MR) is 90.4 cm³/mol. The number of thiophene rings is 1. The summed E-state index contributed by atoms with van der Waals surface area (Å²) >= 11 is 1.32. The van der Waals surface area contributed by atoms with E-state index in [4.69, 9.17) is 4.74 Å². The third kappa shape index (κ3) is 3.54. The van der Waals surface area contributed by atoms with Gasteiger partial charge in [-0.2, -0.15) is 0 Å². The number of methoxy groups -OCH3 is 1. The summed E-state index contributed by atoms with van der Waals surface area (Å²) in [5.74, 6) is 0.194. The molecule has 0 radical (unpaired) electrons. The van der Waals surface area contributed by atoms with Gasteiger partial charge in [0.15, 0.2) is 0 Å². The van der Waals surface area contributed by atoms with Gasteiger partial charge in [-0.15, -0.1) is 11.3 Å². The standard InChI is InChI=1S/C17H21FN2O2S/c1-22-10-12-15-13(18)3-2-4-14(15)23-16(12)17(21)20-8-6-11-5-7-19-9-11/h2-4,11,19H,5-10H2,1H3,(H,20,21). The molecule has 124 valence electrons. The van der Waals surface area contributed by atoms with E-state index in [-0.39, 0.29) is 18.3 Å². The quantitative estimate of drug-likeness (QED) is 0.853. The Balaban J connectivity index is 1.76. The van der Waals surface area contributed by atoms with Gasteiger partial charge in [0, 0.05) is 29.3 Å². The van der Waals surface area contributed by atoms with E-state index in [2.05, 4.69) is 10.6 Å². The number of carbonyl (C=O) groups is 1. The molecule has 0 spiro atoms. The van der Waals surface area contributed by atoms with Crippen LogP contribution in [0.2, 0.25) is 0 Å². The maximum atomic E-state index is 14.1. The molecule has 0 saturated carbocycles. The first-order valence-corrected chi connectivity index (χ1v) is 8.70. The first-order valence-electron chi connectivity index (χ1n) is 7.88. The van der Waals surface area contributed by atoms with E-state index in [0.717, 1.165) is 24.2 Å². The molecular formula is C17H21FN2O2S. The molecule has 0 aliphatic carbocycles. The van der Waals surface area contributed by atoms with Gasteiger partial charge in [-0.1, -0.05) is 6.07 Å². The van der Waals surface area contributed by atoms with Crippen LogP contribution in [0.4, 0.5) is 4.39 Å². The summed E-state index contributed by atoms with van der Waals surface area (Å²) < 4.78 is 20.1. The highest BCUT2D eigenvalue weighted by Crippen LogP contribution is 2.33. The van der Waals surface area contributed by atoms with E-state index >= 15 is 0 Å². The molecule has 2 N–H and O–H groups in total. The Hall–Kier alpha value is -1.50. The zero-order valence-electron chi connectivity index (χ0n) is 13.2. The van der Waals surface area contributed by atoms with Gasteiger partial charge in [-0.3, -0.25) is 4.79 Å². The normalized spacial score (nSPS) is 17.7. The Kier molecular flexibility index (Phi) is 5.25. The van der Waals surface area contributed by atoms with Crippen molar-refractivity contribution in [1.82, 2.24) is 10.6 Å². The van der Waals surface area contributed by atoms with Gasteiger partial charge in [0.1, 0.15) is 5.82 Å². The van der Waals surface area contributed by atoms with Crippen molar-refractivity contribution in [3.8, 4) is 0 Å². The number of carbonyl (C=O) groups excluding carboxylic acids is 1. The average molecular weight is 336 g/mol. The second-order valence-corrected chi connectivity index (χ2v) is 6.91. The van der Waals surface area contributed by atoms with Crippen LogP contribution in [0.15, 0.2) is 18.2 Å². The lowest BCUT2D eigenvalue weighted by Crippen LogP contribution is -2.26. The van der Waals surface area contributed by atoms with Crippen molar-refractivity contribution < 1.29 is 13.9 Å². The number of nitrogens with one attached hydrogen (secondary N) is 2. The summed E-state index contributed by atoms with van der Waals surface area (Å²) in [6.07, 6.45) is 2.14. The van der Waals surface area contributed by atoms with Gasteiger partial charge in [-0.25, -0.2) is 4.39 Å². The van der Waals surface area contributed by atoms with Gasteiger partial charge in [0.25, 0.3) is 5.91 Å². The van der Waals surface area contributed by atoms with Gasteiger partial charge in [0.05, 0.1) is 11.5 Å². The van der Waals surface area contributed by atoms with E-state index in [1.165, 1.54) is 23.8 Å². The van der Waals surface area contributed by atoms with Gasteiger partial charge < -0.3 is 15.4 Å². The molecule has 4 nitrogen and oxygen atoms in total. The maximum absolute atomic E-state index is 14.1. The van der Waals surface area contributed by atoms with Gasteiger partial charge in [0.2, 0.25) is 0 Å². The molecule has 1 fully saturated rings. The molecule has 1 aromatic heterocycles. The lowest BCUT2D eigenvalue weighted by molar-refractivity contribution is 0.0951. The molecular weight excluding hydrogens is 315 g/mol. The van der Waals surface area contributed by atoms with Crippen molar-refractivity contribution in [2.45, 2.75) is 19.4 Å². The van der Waals surface area contributed by atoms with Crippen LogP contribution >= 0.6 is 11.3 Å². The number of ether oxygens (including phenoxy) is 1. The number of hydrogen-bond acceptors (Lipinski definition) is 4. The fourth-order valence-electron chi connectivity index (χ4n) is 3.06. The van der Waals surface area contributed by atoms with Crippen molar-refractivity contribution in [2.75, 3.05) is 26.7 Å². The zero-order valence-corrected chi connectivity index (χ0v) is 14.0. The third-order valence-electron chi connectivity index (χ3n) is 4.26. The van der Waals surface area contributed by atoms with Crippen LogP contribution < -0.4 is 10.6 Å². The number of amides is 1. The van der Waals surface area contributed by atoms with Crippen LogP contribution in [0, 0.1) is 11.7 Å². The van der Waals surface area contributed by atoms with Crippen LogP contribution in [0.25, 0.3) is 10.1 Å². The second kappa shape index (κ2) is 7.38. The van der Waals surface area contributed by atoms with Crippen LogP contribution in [0.1, 0.15) is 28.1 Å². The summed E-state index contributed by atoms with van der Waals surface area (Å²) in [5.41, 5.74) is 0.644. The summed E-state index contributed by atoms with van der Waals surface area (Å²) in [6, 6.07) is 4.92. The first kappa shape index (κ1) is 16.4. The lowest BCUT2D eigenvalue weighted by atomic mass is 10.1. The van der Waals surface area contributed by atoms with E-state index in [9.17, 15) is 9.18 Å². The molecule has 1 amide bonds. The predicted octanol–water partition coefficient (Wildman–Crippen LogP) is 2.92. The molecule has 2 aromatic rings. The lowest BCUT2D eigenvalue weighted by Gasteiger charge is -2.09. The monoisotopic (exact) mass is 336 g/mol. The fraction of sp³-hybridized carbons (Fsp3) is 0.471. The third-order valence-corrected chi connectivity index (χ3v) is 5.45. The Morgan fingerprint density at radius 3 is 3.13 bits per heavy atom. The van der Waals surface area contributed by atoms with Crippen molar-refractivity contribution in [3.63, 3.8) is 0 Å². The van der Waals surface area contributed by atoms with Crippen LogP contribution in [0.3, 0.4) is 0 Å². The van der Waals surface area contributed by atoms with E-state index in [1.54, 1.807) is 13.2 Å². The first-order chi connectivity index (χ1) is 11.2. The van der Waals surface area contributed by atoms with Crippen LogP contribution in [-0.2, 0) is 11.3 Å². The topological polar surface area (TPSA) is 50.4 Å². The number of hydrogen-bond donors (Lipinski definition) is 2. The second-order valence-electron chi connectivity index (χ2n) is 5.86. The molecule has 2 heterocycles. The Labute approximate surface area is 139 Å². The van der Waals surface area contributed by atoms with Crippen molar-refractivity contribution in [1.29, 1.82) is 0 Å². The average Bonchev–Trinajstić information content (AvgIpc) is 3.16. The van der Waals surface area contributed by atoms with Crippen molar-refractivity contribution >= 4 is 27.3 Å². The molecule has 1 aliphatic heterocycles. The van der Waals surface area contributed by atoms with Crippen molar-refractivity contribution in [3.05, 3.63) is 34.5 Å². The minimum Gasteiger partial charge on any atom is -0.380 e. The van der Waals surface area contributed by atoms with Crippen LogP contribution in [-0.4, -0.2) is 32.7 Å². The minimum atomic E-state index is -0.304. The molecule has 23 heavy (non-hydrogen) atoms.